The molecule has 0 aliphatic heterocycles. The molecule has 4 nitrogen and oxygen atoms in total. The molecule has 0 heterocycles. The first-order chi connectivity index (χ1) is 8.96. The molecule has 102 valence electrons. The lowest BCUT2D eigenvalue weighted by atomic mass is 10.1. The molecule has 0 spiro atoms. The molecule has 0 aliphatic carbocycles. The zero-order chi connectivity index (χ0) is 13.9. The minimum Gasteiger partial charge on any atom is -0.493 e. The van der Waals surface area contributed by atoms with Crippen molar-refractivity contribution in [1.82, 2.24) is 0 Å². The highest BCUT2D eigenvalue weighted by Crippen LogP contribution is 2.29. The molecule has 2 aromatic carbocycles. The van der Waals surface area contributed by atoms with Crippen LogP contribution in [0.5, 0.6) is 5.75 Å². The van der Waals surface area contributed by atoms with Gasteiger partial charge >= 0.3 is 0 Å². The molecule has 0 saturated heterocycles. The van der Waals surface area contributed by atoms with Crippen molar-refractivity contribution in [3.05, 3.63) is 36.4 Å². The Hall–Kier alpha value is -1.24. The Morgan fingerprint density at radius 1 is 1.21 bits per heavy atom. The van der Waals surface area contributed by atoms with Crippen LogP contribution in [0.15, 0.2) is 41.3 Å². The third kappa shape index (κ3) is 4.12. The van der Waals surface area contributed by atoms with Gasteiger partial charge in [0.25, 0.3) is 10.1 Å². The standard InChI is InChI=1S/C13H14O4S2/c14-19(15,16)7-3-6-17-13-9-11(18)8-10-4-1-2-5-12(10)13/h1-2,4-5,8-9,18H,3,6-7H2,(H,14,15,16). The zero-order valence-corrected chi connectivity index (χ0v) is 11.8. The molecule has 0 aromatic heterocycles. The number of hydrogen-bond donors (Lipinski definition) is 2. The van der Waals surface area contributed by atoms with Gasteiger partial charge in [-0.25, -0.2) is 0 Å². The lowest BCUT2D eigenvalue weighted by Gasteiger charge is -2.10. The number of benzene rings is 2. The van der Waals surface area contributed by atoms with Gasteiger partial charge in [-0.15, -0.1) is 12.6 Å². The maximum Gasteiger partial charge on any atom is 0.264 e. The topological polar surface area (TPSA) is 63.6 Å². The summed E-state index contributed by atoms with van der Waals surface area (Å²) >= 11 is 4.31. The van der Waals surface area contributed by atoms with Crippen LogP contribution in [0.1, 0.15) is 6.42 Å². The second-order valence-electron chi connectivity index (χ2n) is 4.15. The van der Waals surface area contributed by atoms with Gasteiger partial charge in [-0.1, -0.05) is 24.3 Å². The molecule has 19 heavy (non-hydrogen) atoms. The van der Waals surface area contributed by atoms with Crippen LogP contribution >= 0.6 is 12.6 Å². The van der Waals surface area contributed by atoms with Crippen molar-refractivity contribution in [3.8, 4) is 5.75 Å². The predicted molar refractivity (Wildman–Crippen MR) is 77.7 cm³/mol. The van der Waals surface area contributed by atoms with Gasteiger partial charge in [0, 0.05) is 10.3 Å². The summed E-state index contributed by atoms with van der Waals surface area (Å²) in [5.41, 5.74) is 0. The van der Waals surface area contributed by atoms with Crippen LogP contribution in [0.25, 0.3) is 10.8 Å². The number of ether oxygens (including phenoxy) is 1. The summed E-state index contributed by atoms with van der Waals surface area (Å²) in [5, 5.41) is 1.96. The molecule has 0 aliphatic rings. The molecule has 0 saturated carbocycles. The Bertz CT molecular complexity index is 680. The molecule has 0 atom stereocenters. The molecule has 0 bridgehead atoms. The van der Waals surface area contributed by atoms with Gasteiger partial charge in [0.05, 0.1) is 12.4 Å². The van der Waals surface area contributed by atoms with E-state index in [-0.39, 0.29) is 18.8 Å². The fraction of sp³-hybridized carbons (Fsp3) is 0.231. The lowest BCUT2D eigenvalue weighted by molar-refractivity contribution is 0.319. The summed E-state index contributed by atoms with van der Waals surface area (Å²) in [5.74, 6) is 0.365. The molecule has 1 N–H and O–H groups in total. The van der Waals surface area contributed by atoms with Crippen LogP contribution in [-0.2, 0) is 10.1 Å². The molecule has 2 aromatic rings. The average molecular weight is 298 g/mol. The molecule has 0 amide bonds. The van der Waals surface area contributed by atoms with Crippen LogP contribution in [0, 0.1) is 0 Å². The van der Waals surface area contributed by atoms with Crippen LogP contribution in [0.2, 0.25) is 0 Å². The number of rotatable bonds is 5. The van der Waals surface area contributed by atoms with Gasteiger partial charge in [-0.2, -0.15) is 8.42 Å². The zero-order valence-electron chi connectivity index (χ0n) is 10.1. The summed E-state index contributed by atoms with van der Waals surface area (Å²) in [7, 11) is -3.92. The first kappa shape index (κ1) is 14.2. The average Bonchev–Trinajstić information content (AvgIpc) is 2.33. The van der Waals surface area contributed by atoms with Gasteiger partial charge in [0.1, 0.15) is 5.75 Å². The highest BCUT2D eigenvalue weighted by atomic mass is 32.2. The van der Waals surface area contributed by atoms with E-state index in [4.69, 9.17) is 9.29 Å². The fourth-order valence-corrected chi connectivity index (χ4v) is 2.54. The Morgan fingerprint density at radius 2 is 1.95 bits per heavy atom. The molecule has 6 heteroatoms. The maximum atomic E-state index is 10.6. The Balaban J connectivity index is 2.12. The molecule has 0 fully saturated rings. The van der Waals surface area contributed by atoms with Crippen molar-refractivity contribution in [2.75, 3.05) is 12.4 Å². The van der Waals surface area contributed by atoms with Gasteiger partial charge in [0.15, 0.2) is 0 Å². The first-order valence-electron chi connectivity index (χ1n) is 5.75. The third-order valence-electron chi connectivity index (χ3n) is 2.61. The number of fused-ring (bicyclic) bond motifs is 1. The maximum absolute atomic E-state index is 10.6. The summed E-state index contributed by atoms with van der Waals surface area (Å²) in [6.45, 7) is 0.223. The van der Waals surface area contributed by atoms with Gasteiger partial charge in [-0.05, 0) is 23.9 Å². The third-order valence-corrected chi connectivity index (χ3v) is 3.68. The number of hydrogen-bond acceptors (Lipinski definition) is 4. The summed E-state index contributed by atoms with van der Waals surface area (Å²) in [6, 6.07) is 11.5. The molecule has 0 radical (unpaired) electrons. The van der Waals surface area contributed by atoms with E-state index in [2.05, 4.69) is 12.6 Å². The Labute approximate surface area is 117 Å². The van der Waals surface area contributed by atoms with Crippen molar-refractivity contribution in [3.63, 3.8) is 0 Å². The highest BCUT2D eigenvalue weighted by molar-refractivity contribution is 7.85. The Morgan fingerprint density at radius 3 is 2.68 bits per heavy atom. The Kier molecular flexibility index (Phi) is 4.34. The predicted octanol–water partition coefficient (Wildman–Crippen LogP) is 2.79. The minimum absolute atomic E-state index is 0.223. The smallest absolute Gasteiger partial charge is 0.264 e. The molecular weight excluding hydrogens is 284 g/mol. The van der Waals surface area contributed by atoms with E-state index >= 15 is 0 Å². The molecule has 0 unspecified atom stereocenters. The van der Waals surface area contributed by atoms with Crippen LogP contribution in [0.4, 0.5) is 0 Å². The fourth-order valence-electron chi connectivity index (χ4n) is 1.80. The lowest BCUT2D eigenvalue weighted by Crippen LogP contribution is -2.08. The van der Waals surface area contributed by atoms with E-state index in [0.717, 1.165) is 15.7 Å². The van der Waals surface area contributed by atoms with Crippen molar-refractivity contribution >= 4 is 33.5 Å². The van der Waals surface area contributed by atoms with Crippen LogP contribution in [0.3, 0.4) is 0 Å². The minimum atomic E-state index is -3.92. The first-order valence-corrected chi connectivity index (χ1v) is 7.81. The largest absolute Gasteiger partial charge is 0.493 e. The summed E-state index contributed by atoms with van der Waals surface area (Å²) in [6.07, 6.45) is 0.240. The van der Waals surface area contributed by atoms with E-state index < -0.39 is 10.1 Å². The van der Waals surface area contributed by atoms with E-state index in [1.165, 1.54) is 0 Å². The molecular formula is C13H14O4S2. The van der Waals surface area contributed by atoms with Crippen LogP contribution < -0.4 is 4.74 Å². The normalized spacial score (nSPS) is 11.7. The number of thiol groups is 1. The van der Waals surface area contributed by atoms with Crippen LogP contribution in [-0.4, -0.2) is 25.3 Å². The van der Waals surface area contributed by atoms with E-state index in [1.807, 2.05) is 30.3 Å². The summed E-state index contributed by atoms with van der Waals surface area (Å²) < 4.78 is 35.4. The second-order valence-corrected chi connectivity index (χ2v) is 6.24. The molecule has 2 rings (SSSR count). The SMILES string of the molecule is O=S(=O)(O)CCCOc1cc(S)cc2ccccc12. The van der Waals surface area contributed by atoms with Crippen molar-refractivity contribution < 1.29 is 17.7 Å². The van der Waals surface area contributed by atoms with E-state index in [1.54, 1.807) is 6.07 Å². The second kappa shape index (κ2) is 5.81. The van der Waals surface area contributed by atoms with Gasteiger partial charge < -0.3 is 4.74 Å². The van der Waals surface area contributed by atoms with Crippen molar-refractivity contribution in [2.24, 2.45) is 0 Å². The van der Waals surface area contributed by atoms with E-state index in [9.17, 15) is 8.42 Å². The van der Waals surface area contributed by atoms with Crippen molar-refractivity contribution in [1.29, 1.82) is 0 Å². The quantitative estimate of drug-likeness (QED) is 0.506. The monoisotopic (exact) mass is 298 g/mol. The van der Waals surface area contributed by atoms with Gasteiger partial charge in [-0.3, -0.25) is 4.55 Å². The summed E-state index contributed by atoms with van der Waals surface area (Å²) in [4.78, 5) is 0.781. The van der Waals surface area contributed by atoms with E-state index in [0.29, 0.717) is 5.75 Å². The highest BCUT2D eigenvalue weighted by Gasteiger charge is 2.06. The van der Waals surface area contributed by atoms with Gasteiger partial charge in [0.2, 0.25) is 0 Å². The van der Waals surface area contributed by atoms with Crippen molar-refractivity contribution in [2.45, 2.75) is 11.3 Å².